The van der Waals surface area contributed by atoms with Crippen molar-refractivity contribution in [3.63, 3.8) is 0 Å². The van der Waals surface area contributed by atoms with Crippen LogP contribution >= 0.6 is 0 Å². The molecule has 1 N–H and O–H groups in total. The molecular formula is C14H21N3O4. The summed E-state index contributed by atoms with van der Waals surface area (Å²) in [6.07, 6.45) is 0.586. The number of aromatic hydroxyl groups is 1. The zero-order valence-corrected chi connectivity index (χ0v) is 12.5. The highest BCUT2D eigenvalue weighted by atomic mass is 16.5. The lowest BCUT2D eigenvalue weighted by Crippen LogP contribution is -2.37. The first-order valence-electron chi connectivity index (χ1n) is 7.16. The summed E-state index contributed by atoms with van der Waals surface area (Å²) in [6.45, 7) is 6.62. The molecule has 0 atom stereocenters. The van der Waals surface area contributed by atoms with Crippen LogP contribution in [0, 0.1) is 6.92 Å². The van der Waals surface area contributed by atoms with Crippen molar-refractivity contribution in [1.82, 2.24) is 9.97 Å². The largest absolute Gasteiger partial charge is 0.493 e. The molecule has 0 radical (unpaired) electrons. The van der Waals surface area contributed by atoms with Crippen LogP contribution in [0.4, 0.5) is 5.95 Å². The highest BCUT2D eigenvalue weighted by Gasteiger charge is 2.18. The summed E-state index contributed by atoms with van der Waals surface area (Å²) in [5.74, 6) is 0.162. The number of nitrogens with zero attached hydrogens (tertiary/aromatic N) is 3. The van der Waals surface area contributed by atoms with Gasteiger partial charge < -0.3 is 19.5 Å². The van der Waals surface area contributed by atoms with Crippen LogP contribution in [0.2, 0.25) is 0 Å². The molecule has 0 amide bonds. The smallest absolute Gasteiger partial charge is 0.306 e. The molecule has 0 aromatic carbocycles. The van der Waals surface area contributed by atoms with E-state index in [9.17, 15) is 9.90 Å². The molecule has 0 bridgehead atoms. The summed E-state index contributed by atoms with van der Waals surface area (Å²) in [7, 11) is 0. The van der Waals surface area contributed by atoms with Crippen molar-refractivity contribution in [3.05, 3.63) is 11.3 Å². The Morgan fingerprint density at radius 1 is 1.38 bits per heavy atom. The SMILES string of the molecule is CCOC(=O)CCc1c(C)nc(N2CCOCC2)nc1O. The minimum absolute atomic E-state index is 0.0618. The van der Waals surface area contributed by atoms with E-state index in [2.05, 4.69) is 9.97 Å². The van der Waals surface area contributed by atoms with E-state index in [0.29, 0.717) is 56.5 Å². The maximum Gasteiger partial charge on any atom is 0.306 e. The predicted octanol–water partition coefficient (Wildman–Crippen LogP) is 0.823. The van der Waals surface area contributed by atoms with Gasteiger partial charge in [0.15, 0.2) is 0 Å². The van der Waals surface area contributed by atoms with Crippen LogP contribution in [0.5, 0.6) is 5.88 Å². The second-order valence-electron chi connectivity index (χ2n) is 4.82. The number of ether oxygens (including phenoxy) is 2. The number of esters is 1. The Kier molecular flexibility index (Phi) is 5.32. The third-order valence-corrected chi connectivity index (χ3v) is 3.36. The van der Waals surface area contributed by atoms with Crippen molar-refractivity contribution in [2.45, 2.75) is 26.7 Å². The van der Waals surface area contributed by atoms with Crippen molar-refractivity contribution in [2.24, 2.45) is 0 Å². The predicted molar refractivity (Wildman–Crippen MR) is 76.4 cm³/mol. The van der Waals surface area contributed by atoms with Gasteiger partial charge in [0, 0.05) is 30.8 Å². The lowest BCUT2D eigenvalue weighted by molar-refractivity contribution is -0.143. The molecule has 1 aliphatic rings. The van der Waals surface area contributed by atoms with E-state index >= 15 is 0 Å². The molecular weight excluding hydrogens is 274 g/mol. The van der Waals surface area contributed by atoms with Gasteiger partial charge in [-0.2, -0.15) is 4.98 Å². The molecule has 21 heavy (non-hydrogen) atoms. The fourth-order valence-electron chi connectivity index (χ4n) is 2.22. The van der Waals surface area contributed by atoms with Gasteiger partial charge >= 0.3 is 5.97 Å². The van der Waals surface area contributed by atoms with Crippen LogP contribution in [0.3, 0.4) is 0 Å². The molecule has 0 aliphatic carbocycles. The first kappa shape index (κ1) is 15.5. The molecule has 1 aliphatic heterocycles. The van der Waals surface area contributed by atoms with Gasteiger partial charge in [-0.25, -0.2) is 4.98 Å². The van der Waals surface area contributed by atoms with Crippen LogP contribution in [0.1, 0.15) is 24.6 Å². The highest BCUT2D eigenvalue weighted by molar-refractivity contribution is 5.69. The number of carbonyl (C=O) groups is 1. The summed E-state index contributed by atoms with van der Waals surface area (Å²) in [5.41, 5.74) is 1.29. The molecule has 7 nitrogen and oxygen atoms in total. The number of carbonyl (C=O) groups excluding carboxylic acids is 1. The standard InChI is InChI=1S/C14H21N3O4/c1-3-21-12(18)5-4-11-10(2)15-14(16-13(11)19)17-6-8-20-9-7-17/h3-9H2,1-2H3,(H,15,16,19). The Bertz CT molecular complexity index is 478. The Hall–Kier alpha value is -1.89. The summed E-state index contributed by atoms with van der Waals surface area (Å²) >= 11 is 0. The van der Waals surface area contributed by atoms with Crippen molar-refractivity contribution in [1.29, 1.82) is 0 Å². The molecule has 116 valence electrons. The van der Waals surface area contributed by atoms with E-state index < -0.39 is 0 Å². The van der Waals surface area contributed by atoms with Crippen LogP contribution in [-0.4, -0.2) is 54.0 Å². The Balaban J connectivity index is 2.07. The molecule has 2 heterocycles. The van der Waals surface area contributed by atoms with E-state index in [1.807, 2.05) is 11.8 Å². The van der Waals surface area contributed by atoms with E-state index in [0.717, 1.165) is 0 Å². The zero-order valence-electron chi connectivity index (χ0n) is 12.5. The Labute approximate surface area is 123 Å². The van der Waals surface area contributed by atoms with Crippen molar-refractivity contribution in [3.8, 4) is 5.88 Å². The molecule has 1 saturated heterocycles. The van der Waals surface area contributed by atoms with Crippen molar-refractivity contribution in [2.75, 3.05) is 37.8 Å². The Morgan fingerprint density at radius 2 is 2.10 bits per heavy atom. The molecule has 1 fully saturated rings. The second-order valence-corrected chi connectivity index (χ2v) is 4.82. The van der Waals surface area contributed by atoms with Gasteiger partial charge in [-0.05, 0) is 20.3 Å². The number of anilines is 1. The quantitative estimate of drug-likeness (QED) is 0.805. The average Bonchev–Trinajstić information content (AvgIpc) is 2.47. The van der Waals surface area contributed by atoms with Gasteiger partial charge in [-0.15, -0.1) is 0 Å². The third kappa shape index (κ3) is 4.04. The molecule has 0 spiro atoms. The first-order valence-corrected chi connectivity index (χ1v) is 7.16. The topological polar surface area (TPSA) is 84.8 Å². The molecule has 0 unspecified atom stereocenters. The number of rotatable bonds is 5. The van der Waals surface area contributed by atoms with Crippen LogP contribution < -0.4 is 4.90 Å². The van der Waals surface area contributed by atoms with Gasteiger partial charge in [0.1, 0.15) is 0 Å². The van der Waals surface area contributed by atoms with Crippen LogP contribution in [-0.2, 0) is 20.7 Å². The minimum Gasteiger partial charge on any atom is -0.493 e. The van der Waals surface area contributed by atoms with Gasteiger partial charge in [0.05, 0.1) is 19.8 Å². The minimum atomic E-state index is -0.284. The van der Waals surface area contributed by atoms with Crippen LogP contribution in [0.15, 0.2) is 0 Å². The van der Waals surface area contributed by atoms with E-state index in [1.54, 1.807) is 6.92 Å². The summed E-state index contributed by atoms with van der Waals surface area (Å²) in [4.78, 5) is 21.9. The number of aryl methyl sites for hydroxylation is 1. The van der Waals surface area contributed by atoms with Crippen molar-refractivity contribution < 1.29 is 19.4 Å². The van der Waals surface area contributed by atoms with Gasteiger partial charge in [-0.1, -0.05) is 0 Å². The van der Waals surface area contributed by atoms with Gasteiger partial charge in [0.2, 0.25) is 11.8 Å². The summed E-state index contributed by atoms with van der Waals surface area (Å²) in [5, 5.41) is 10.1. The molecule has 1 aromatic heterocycles. The molecule has 7 heteroatoms. The third-order valence-electron chi connectivity index (χ3n) is 3.36. The summed E-state index contributed by atoms with van der Waals surface area (Å²) in [6, 6.07) is 0. The average molecular weight is 295 g/mol. The molecule has 1 aromatic rings. The van der Waals surface area contributed by atoms with Crippen LogP contribution in [0.25, 0.3) is 0 Å². The maximum absolute atomic E-state index is 11.4. The lowest BCUT2D eigenvalue weighted by atomic mass is 10.1. The number of hydrogen-bond acceptors (Lipinski definition) is 7. The fourth-order valence-corrected chi connectivity index (χ4v) is 2.22. The highest BCUT2D eigenvalue weighted by Crippen LogP contribution is 2.23. The fraction of sp³-hybridized carbons (Fsp3) is 0.643. The molecule has 0 saturated carbocycles. The van der Waals surface area contributed by atoms with E-state index in [-0.39, 0.29) is 18.3 Å². The van der Waals surface area contributed by atoms with Gasteiger partial charge in [-0.3, -0.25) is 4.79 Å². The molecule has 2 rings (SSSR count). The monoisotopic (exact) mass is 295 g/mol. The number of aromatic nitrogens is 2. The van der Waals surface area contributed by atoms with Crippen molar-refractivity contribution >= 4 is 11.9 Å². The van der Waals surface area contributed by atoms with E-state index in [1.165, 1.54) is 0 Å². The first-order chi connectivity index (χ1) is 10.1. The zero-order chi connectivity index (χ0) is 15.2. The van der Waals surface area contributed by atoms with E-state index in [4.69, 9.17) is 9.47 Å². The maximum atomic E-state index is 11.4. The summed E-state index contributed by atoms with van der Waals surface area (Å²) < 4.78 is 10.2. The second kappa shape index (κ2) is 7.21. The van der Waals surface area contributed by atoms with Gasteiger partial charge in [0.25, 0.3) is 0 Å². The number of morpholine rings is 1. The Morgan fingerprint density at radius 3 is 2.71 bits per heavy atom. The number of hydrogen-bond donors (Lipinski definition) is 1. The lowest BCUT2D eigenvalue weighted by Gasteiger charge is -2.27. The normalized spacial score (nSPS) is 15.0.